The van der Waals surface area contributed by atoms with Gasteiger partial charge in [-0.25, -0.2) is 4.79 Å². The molecule has 1 N–H and O–H groups in total. The van der Waals surface area contributed by atoms with E-state index in [-0.39, 0.29) is 11.4 Å². The Bertz CT molecular complexity index is 434. The van der Waals surface area contributed by atoms with Gasteiger partial charge >= 0.3 is 5.97 Å². The average Bonchev–Trinajstić information content (AvgIpc) is 3.04. The first-order valence-corrected chi connectivity index (χ1v) is 6.06. The van der Waals surface area contributed by atoms with Crippen LogP contribution in [-0.2, 0) is 10.2 Å². The van der Waals surface area contributed by atoms with E-state index in [2.05, 4.69) is 20.3 Å². The van der Waals surface area contributed by atoms with Crippen LogP contribution >= 0.6 is 0 Å². The highest BCUT2D eigenvalue weighted by Crippen LogP contribution is 2.43. The Hall–Kier alpha value is -1.43. The number of carbonyl (C=O) groups is 1. The van der Waals surface area contributed by atoms with E-state index in [1.807, 2.05) is 0 Å². The number of hydrogen-bond acceptors (Lipinski definition) is 5. The number of aromatic amines is 1. The van der Waals surface area contributed by atoms with Gasteiger partial charge in [0.25, 0.3) is 0 Å². The van der Waals surface area contributed by atoms with Gasteiger partial charge in [-0.2, -0.15) is 10.3 Å². The van der Waals surface area contributed by atoms with Crippen molar-refractivity contribution in [1.29, 1.82) is 0 Å². The quantitative estimate of drug-likeness (QED) is 0.766. The number of esters is 1. The SMILES string of the molecule is CCOC(=O)c1n[nH]nc1C12CCN(CC1)C2. The van der Waals surface area contributed by atoms with Crippen LogP contribution in [0.2, 0.25) is 0 Å². The van der Waals surface area contributed by atoms with Crippen LogP contribution < -0.4 is 0 Å². The number of ether oxygens (including phenoxy) is 1. The monoisotopic (exact) mass is 236 g/mol. The van der Waals surface area contributed by atoms with Crippen molar-refractivity contribution < 1.29 is 9.53 Å². The maximum Gasteiger partial charge on any atom is 0.360 e. The van der Waals surface area contributed by atoms with Crippen LogP contribution in [0.25, 0.3) is 0 Å². The Balaban J connectivity index is 1.93. The molecule has 0 radical (unpaired) electrons. The second-order valence-corrected chi connectivity index (χ2v) is 4.80. The molecule has 3 heterocycles. The molecule has 2 saturated heterocycles. The molecule has 0 amide bonds. The number of piperidine rings is 1. The van der Waals surface area contributed by atoms with Crippen LogP contribution in [0.15, 0.2) is 0 Å². The van der Waals surface area contributed by atoms with Crippen molar-refractivity contribution in [3.05, 3.63) is 11.4 Å². The van der Waals surface area contributed by atoms with Crippen molar-refractivity contribution in [3.8, 4) is 0 Å². The number of aromatic nitrogens is 3. The first-order valence-electron chi connectivity index (χ1n) is 6.06. The van der Waals surface area contributed by atoms with Crippen molar-refractivity contribution in [2.24, 2.45) is 0 Å². The molecule has 3 rings (SSSR count). The summed E-state index contributed by atoms with van der Waals surface area (Å²) in [6, 6.07) is 0. The molecule has 17 heavy (non-hydrogen) atoms. The third-order valence-corrected chi connectivity index (χ3v) is 3.86. The van der Waals surface area contributed by atoms with E-state index in [0.717, 1.165) is 38.2 Å². The third kappa shape index (κ3) is 1.55. The largest absolute Gasteiger partial charge is 0.461 e. The van der Waals surface area contributed by atoms with Crippen LogP contribution in [0.4, 0.5) is 0 Å². The van der Waals surface area contributed by atoms with E-state index in [9.17, 15) is 4.79 Å². The minimum atomic E-state index is -0.365. The zero-order valence-corrected chi connectivity index (χ0v) is 9.90. The summed E-state index contributed by atoms with van der Waals surface area (Å²) >= 11 is 0. The molecule has 2 bridgehead atoms. The molecule has 2 aliphatic rings. The minimum Gasteiger partial charge on any atom is -0.461 e. The zero-order chi connectivity index (χ0) is 11.9. The number of rotatable bonds is 3. The molecule has 6 nitrogen and oxygen atoms in total. The Morgan fingerprint density at radius 2 is 2.24 bits per heavy atom. The van der Waals surface area contributed by atoms with Crippen LogP contribution in [0.1, 0.15) is 35.9 Å². The topological polar surface area (TPSA) is 71.1 Å². The highest BCUT2D eigenvalue weighted by Gasteiger charge is 2.48. The van der Waals surface area contributed by atoms with Gasteiger partial charge in [0.05, 0.1) is 6.61 Å². The second-order valence-electron chi connectivity index (χ2n) is 4.80. The van der Waals surface area contributed by atoms with Gasteiger partial charge < -0.3 is 9.64 Å². The summed E-state index contributed by atoms with van der Waals surface area (Å²) in [6.45, 7) is 5.34. The summed E-state index contributed by atoms with van der Waals surface area (Å²) in [5.74, 6) is -0.365. The number of nitrogens with zero attached hydrogens (tertiary/aromatic N) is 3. The fourth-order valence-corrected chi connectivity index (χ4v) is 2.98. The molecule has 0 aliphatic carbocycles. The molecule has 2 fully saturated rings. The molecular formula is C11H16N4O2. The van der Waals surface area contributed by atoms with Crippen molar-refractivity contribution in [3.63, 3.8) is 0 Å². The Morgan fingerprint density at radius 3 is 2.82 bits per heavy atom. The minimum absolute atomic E-state index is 0.0229. The summed E-state index contributed by atoms with van der Waals surface area (Å²) in [7, 11) is 0. The molecule has 0 atom stereocenters. The van der Waals surface area contributed by atoms with Gasteiger partial charge in [0.15, 0.2) is 5.69 Å². The molecule has 2 aliphatic heterocycles. The molecule has 0 spiro atoms. The lowest BCUT2D eigenvalue weighted by molar-refractivity contribution is 0.0516. The molecule has 1 aromatic heterocycles. The van der Waals surface area contributed by atoms with E-state index in [0.29, 0.717) is 12.3 Å². The van der Waals surface area contributed by atoms with Gasteiger partial charge in [-0.15, -0.1) is 5.10 Å². The molecule has 0 unspecified atom stereocenters. The highest BCUT2D eigenvalue weighted by molar-refractivity contribution is 5.88. The van der Waals surface area contributed by atoms with Gasteiger partial charge in [-0.1, -0.05) is 0 Å². The maximum atomic E-state index is 11.8. The summed E-state index contributed by atoms with van der Waals surface area (Å²) < 4.78 is 5.01. The lowest BCUT2D eigenvalue weighted by Crippen LogP contribution is -2.27. The van der Waals surface area contributed by atoms with Gasteiger partial charge in [0.1, 0.15) is 5.69 Å². The normalized spacial score (nSPS) is 30.8. The predicted octanol–water partition coefficient (Wildman–Crippen LogP) is 0.329. The number of nitrogens with one attached hydrogen (secondary N) is 1. The van der Waals surface area contributed by atoms with Crippen molar-refractivity contribution in [2.45, 2.75) is 25.2 Å². The van der Waals surface area contributed by atoms with Gasteiger partial charge in [-0.05, 0) is 32.9 Å². The van der Waals surface area contributed by atoms with E-state index in [1.165, 1.54) is 0 Å². The molecule has 92 valence electrons. The number of fused-ring (bicyclic) bond motifs is 2. The van der Waals surface area contributed by atoms with E-state index >= 15 is 0 Å². The first-order chi connectivity index (χ1) is 8.25. The lowest BCUT2D eigenvalue weighted by atomic mass is 9.80. The van der Waals surface area contributed by atoms with E-state index in [1.54, 1.807) is 6.92 Å². The summed E-state index contributed by atoms with van der Waals surface area (Å²) in [4.78, 5) is 14.2. The zero-order valence-electron chi connectivity index (χ0n) is 9.90. The lowest BCUT2D eigenvalue weighted by Gasteiger charge is -2.22. The number of hydrogen-bond donors (Lipinski definition) is 1. The van der Waals surface area contributed by atoms with E-state index in [4.69, 9.17) is 4.74 Å². The van der Waals surface area contributed by atoms with E-state index < -0.39 is 0 Å². The molecule has 6 heteroatoms. The predicted molar refractivity (Wildman–Crippen MR) is 59.7 cm³/mol. The van der Waals surface area contributed by atoms with Crippen LogP contribution in [0.5, 0.6) is 0 Å². The van der Waals surface area contributed by atoms with Gasteiger partial charge in [0, 0.05) is 12.0 Å². The standard InChI is InChI=1S/C11H16N4O2/c1-2-17-10(16)8-9(13-14-12-8)11-3-5-15(7-11)6-4-11/h2-7H2,1H3,(H,12,13,14). The molecule has 1 aromatic rings. The Labute approximate surface area is 99.3 Å². The molecule has 0 saturated carbocycles. The van der Waals surface area contributed by atoms with Crippen molar-refractivity contribution >= 4 is 5.97 Å². The average molecular weight is 236 g/mol. The summed E-state index contributed by atoms with van der Waals surface area (Å²) in [5, 5.41) is 10.7. The summed E-state index contributed by atoms with van der Waals surface area (Å²) in [5.41, 5.74) is 1.20. The Morgan fingerprint density at radius 1 is 1.47 bits per heavy atom. The first kappa shape index (κ1) is 10.7. The third-order valence-electron chi connectivity index (χ3n) is 3.86. The molecular weight excluding hydrogens is 220 g/mol. The van der Waals surface area contributed by atoms with Gasteiger partial charge in [0.2, 0.25) is 0 Å². The van der Waals surface area contributed by atoms with Crippen molar-refractivity contribution in [1.82, 2.24) is 20.3 Å². The fourth-order valence-electron chi connectivity index (χ4n) is 2.98. The fraction of sp³-hybridized carbons (Fsp3) is 0.727. The smallest absolute Gasteiger partial charge is 0.360 e. The molecule has 0 aromatic carbocycles. The number of H-pyrrole nitrogens is 1. The van der Waals surface area contributed by atoms with Crippen LogP contribution in [0.3, 0.4) is 0 Å². The second kappa shape index (κ2) is 3.80. The highest BCUT2D eigenvalue weighted by atomic mass is 16.5. The Kier molecular flexibility index (Phi) is 2.39. The van der Waals surface area contributed by atoms with Crippen LogP contribution in [-0.4, -0.2) is 52.5 Å². The van der Waals surface area contributed by atoms with Crippen molar-refractivity contribution in [2.75, 3.05) is 26.2 Å². The maximum absolute atomic E-state index is 11.8. The number of carbonyl (C=O) groups excluding carboxylic acids is 1. The summed E-state index contributed by atoms with van der Waals surface area (Å²) in [6.07, 6.45) is 2.12. The van der Waals surface area contributed by atoms with Gasteiger partial charge in [-0.3, -0.25) is 0 Å². The van der Waals surface area contributed by atoms with Crippen LogP contribution in [0, 0.1) is 0 Å².